The molecule has 94 valence electrons. The lowest BCUT2D eigenvalue weighted by atomic mass is 10.1. The van der Waals surface area contributed by atoms with Gasteiger partial charge in [0.05, 0.1) is 12.2 Å². The highest BCUT2D eigenvalue weighted by Crippen LogP contribution is 2.36. The highest BCUT2D eigenvalue weighted by Gasteiger charge is 2.34. The Bertz CT molecular complexity index is 399. The van der Waals surface area contributed by atoms with E-state index in [9.17, 15) is 13.2 Å². The van der Waals surface area contributed by atoms with E-state index in [0.29, 0.717) is 12.5 Å². The molecule has 5 heteroatoms. The molecular formula is C12H14F3NO. The summed E-state index contributed by atoms with van der Waals surface area (Å²) in [5, 5.41) is 3.05. The van der Waals surface area contributed by atoms with Crippen molar-refractivity contribution < 1.29 is 17.9 Å². The fourth-order valence-electron chi connectivity index (χ4n) is 1.66. The first-order chi connectivity index (χ1) is 7.97. The zero-order valence-electron chi connectivity index (χ0n) is 9.47. The summed E-state index contributed by atoms with van der Waals surface area (Å²) in [7, 11) is 0. The highest BCUT2D eigenvalue weighted by molar-refractivity contribution is 5.39. The van der Waals surface area contributed by atoms with Crippen molar-refractivity contribution in [2.45, 2.75) is 13.1 Å². The molecule has 2 nitrogen and oxygen atoms in total. The normalized spacial score (nSPS) is 16.7. The number of halogens is 3. The van der Waals surface area contributed by atoms with Crippen LogP contribution in [0.4, 0.5) is 13.2 Å². The van der Waals surface area contributed by atoms with Gasteiger partial charge in [0.2, 0.25) is 0 Å². The van der Waals surface area contributed by atoms with Crippen LogP contribution in [0.1, 0.15) is 11.1 Å². The smallest absolute Gasteiger partial charge is 0.419 e. The summed E-state index contributed by atoms with van der Waals surface area (Å²) in [6.45, 7) is 3.71. The van der Waals surface area contributed by atoms with Gasteiger partial charge in [0.25, 0.3) is 0 Å². The van der Waals surface area contributed by atoms with Crippen molar-refractivity contribution in [3.05, 3.63) is 29.3 Å². The van der Waals surface area contributed by atoms with Gasteiger partial charge in [0.1, 0.15) is 5.75 Å². The van der Waals surface area contributed by atoms with E-state index in [4.69, 9.17) is 4.74 Å². The third-order valence-electron chi connectivity index (χ3n) is 2.78. The molecule has 0 aromatic heterocycles. The van der Waals surface area contributed by atoms with E-state index < -0.39 is 11.7 Å². The molecule has 2 rings (SSSR count). The second-order valence-corrected chi connectivity index (χ2v) is 4.33. The molecular weight excluding hydrogens is 231 g/mol. The molecule has 1 aliphatic rings. The maximum Gasteiger partial charge on any atom is 0.419 e. The fraction of sp³-hybridized carbons (Fsp3) is 0.500. The van der Waals surface area contributed by atoms with Crippen LogP contribution in [0.5, 0.6) is 5.75 Å². The van der Waals surface area contributed by atoms with Gasteiger partial charge in [-0.3, -0.25) is 0 Å². The Balaban J connectivity index is 2.14. The molecule has 17 heavy (non-hydrogen) atoms. The van der Waals surface area contributed by atoms with Crippen LogP contribution in [-0.4, -0.2) is 19.7 Å². The minimum Gasteiger partial charge on any atom is -0.493 e. The van der Waals surface area contributed by atoms with Crippen molar-refractivity contribution >= 4 is 0 Å². The number of benzene rings is 1. The third kappa shape index (κ3) is 2.91. The molecule has 0 spiro atoms. The van der Waals surface area contributed by atoms with Gasteiger partial charge in [0.15, 0.2) is 0 Å². The Labute approximate surface area is 97.8 Å². The lowest BCUT2D eigenvalue weighted by molar-refractivity contribution is -0.139. The van der Waals surface area contributed by atoms with E-state index >= 15 is 0 Å². The van der Waals surface area contributed by atoms with Crippen LogP contribution in [0.25, 0.3) is 0 Å². The summed E-state index contributed by atoms with van der Waals surface area (Å²) < 4.78 is 43.4. The monoisotopic (exact) mass is 245 g/mol. The molecule has 0 bridgehead atoms. The molecule has 1 aromatic rings. The second kappa shape index (κ2) is 4.56. The zero-order valence-corrected chi connectivity index (χ0v) is 9.47. The first-order valence-corrected chi connectivity index (χ1v) is 5.48. The van der Waals surface area contributed by atoms with Crippen LogP contribution < -0.4 is 10.1 Å². The van der Waals surface area contributed by atoms with Gasteiger partial charge in [-0.1, -0.05) is 6.07 Å². The van der Waals surface area contributed by atoms with Crippen LogP contribution in [0.15, 0.2) is 18.2 Å². The maximum absolute atomic E-state index is 12.7. The average molecular weight is 245 g/mol. The maximum atomic E-state index is 12.7. The highest BCUT2D eigenvalue weighted by atomic mass is 19.4. The van der Waals surface area contributed by atoms with E-state index in [-0.39, 0.29) is 5.75 Å². The molecule has 0 amide bonds. The lowest BCUT2D eigenvalue weighted by Crippen LogP contribution is -2.45. The molecule has 1 saturated heterocycles. The molecule has 1 fully saturated rings. The van der Waals surface area contributed by atoms with Gasteiger partial charge in [-0.15, -0.1) is 0 Å². The number of nitrogens with one attached hydrogen (secondary N) is 1. The fourth-order valence-corrected chi connectivity index (χ4v) is 1.66. The number of hydrogen-bond acceptors (Lipinski definition) is 2. The SMILES string of the molecule is Cc1ccc(C(F)(F)F)c(OCC2CNC2)c1. The average Bonchev–Trinajstić information content (AvgIpc) is 2.13. The molecule has 0 radical (unpaired) electrons. The van der Waals surface area contributed by atoms with E-state index in [0.717, 1.165) is 24.7 Å². The van der Waals surface area contributed by atoms with Crippen molar-refractivity contribution in [3.63, 3.8) is 0 Å². The summed E-state index contributed by atoms with van der Waals surface area (Å²) in [4.78, 5) is 0. The van der Waals surface area contributed by atoms with E-state index in [2.05, 4.69) is 5.32 Å². The van der Waals surface area contributed by atoms with E-state index in [1.54, 1.807) is 6.92 Å². The van der Waals surface area contributed by atoms with Crippen molar-refractivity contribution in [3.8, 4) is 5.75 Å². The summed E-state index contributed by atoms with van der Waals surface area (Å²) in [5.41, 5.74) is 0.0649. The Kier molecular flexibility index (Phi) is 3.28. The number of rotatable bonds is 3. The predicted octanol–water partition coefficient (Wildman–Crippen LogP) is 2.61. The second-order valence-electron chi connectivity index (χ2n) is 4.33. The Morgan fingerprint density at radius 3 is 2.59 bits per heavy atom. The van der Waals surface area contributed by atoms with Gasteiger partial charge in [0, 0.05) is 19.0 Å². The van der Waals surface area contributed by atoms with Crippen molar-refractivity contribution in [1.82, 2.24) is 5.32 Å². The Morgan fingerprint density at radius 2 is 2.06 bits per heavy atom. The van der Waals surface area contributed by atoms with Gasteiger partial charge >= 0.3 is 6.18 Å². The van der Waals surface area contributed by atoms with Gasteiger partial charge in [-0.05, 0) is 24.6 Å². The van der Waals surface area contributed by atoms with E-state index in [1.807, 2.05) is 0 Å². The Hall–Kier alpha value is -1.23. The zero-order chi connectivity index (χ0) is 12.5. The van der Waals surface area contributed by atoms with Gasteiger partial charge < -0.3 is 10.1 Å². The van der Waals surface area contributed by atoms with Gasteiger partial charge in [-0.2, -0.15) is 13.2 Å². The number of alkyl halides is 3. The van der Waals surface area contributed by atoms with E-state index in [1.165, 1.54) is 12.1 Å². The number of aryl methyl sites for hydroxylation is 1. The first-order valence-electron chi connectivity index (χ1n) is 5.48. The third-order valence-corrected chi connectivity index (χ3v) is 2.78. The standard InChI is InChI=1S/C12H14F3NO/c1-8-2-3-10(12(13,14)15)11(4-8)17-7-9-5-16-6-9/h2-4,9,16H,5-7H2,1H3. The minimum absolute atomic E-state index is 0.0654. The quantitative estimate of drug-likeness (QED) is 0.883. The minimum atomic E-state index is -4.36. The molecule has 1 heterocycles. The lowest BCUT2D eigenvalue weighted by Gasteiger charge is -2.27. The van der Waals surface area contributed by atoms with Crippen LogP contribution in [0, 0.1) is 12.8 Å². The largest absolute Gasteiger partial charge is 0.493 e. The van der Waals surface area contributed by atoms with Crippen LogP contribution in [0.3, 0.4) is 0 Å². The molecule has 0 unspecified atom stereocenters. The molecule has 0 saturated carbocycles. The Morgan fingerprint density at radius 1 is 1.35 bits per heavy atom. The number of ether oxygens (including phenoxy) is 1. The van der Waals surface area contributed by atoms with Crippen molar-refractivity contribution in [2.75, 3.05) is 19.7 Å². The summed E-state index contributed by atoms with van der Waals surface area (Å²) in [6, 6.07) is 3.96. The number of hydrogen-bond donors (Lipinski definition) is 1. The van der Waals surface area contributed by atoms with Gasteiger partial charge in [-0.25, -0.2) is 0 Å². The van der Waals surface area contributed by atoms with Crippen LogP contribution >= 0.6 is 0 Å². The predicted molar refractivity (Wildman–Crippen MR) is 58.0 cm³/mol. The topological polar surface area (TPSA) is 21.3 Å². The van der Waals surface area contributed by atoms with Crippen molar-refractivity contribution in [1.29, 1.82) is 0 Å². The molecule has 1 N–H and O–H groups in total. The van der Waals surface area contributed by atoms with Crippen molar-refractivity contribution in [2.24, 2.45) is 5.92 Å². The summed E-state index contributed by atoms with van der Waals surface area (Å²) >= 11 is 0. The summed E-state index contributed by atoms with van der Waals surface area (Å²) in [5.74, 6) is 0.251. The van der Waals surface area contributed by atoms with Crippen LogP contribution in [0.2, 0.25) is 0 Å². The first kappa shape index (κ1) is 12.2. The molecule has 0 aliphatic carbocycles. The molecule has 0 atom stereocenters. The van der Waals surface area contributed by atoms with Crippen LogP contribution in [-0.2, 0) is 6.18 Å². The molecule has 1 aliphatic heterocycles. The summed E-state index contributed by atoms with van der Waals surface area (Å²) in [6.07, 6.45) is -4.36. The molecule has 1 aromatic carbocycles.